The average molecular weight is 1270 g/mol. The molecule has 11 N–H and O–H groups in total. The van der Waals surface area contributed by atoms with Crippen LogP contribution < -0.4 is 37.0 Å². The van der Waals surface area contributed by atoms with Crippen LogP contribution in [0, 0.1) is 23.7 Å². The lowest BCUT2D eigenvalue weighted by atomic mass is 9.81. The van der Waals surface area contributed by atoms with Crippen molar-refractivity contribution < 1.29 is 47.0 Å². The zero-order valence-electron chi connectivity index (χ0n) is 48.2. The van der Waals surface area contributed by atoms with Gasteiger partial charge in [-0.1, -0.05) is 64.5 Å². The van der Waals surface area contributed by atoms with Gasteiger partial charge in [0, 0.05) is 64.7 Å². The summed E-state index contributed by atoms with van der Waals surface area (Å²) in [6.07, 6.45) is 4.29. The second kappa shape index (κ2) is 29.4. The second-order valence-electron chi connectivity index (χ2n) is 22.6. The van der Waals surface area contributed by atoms with Crippen LogP contribution in [-0.2, 0) is 46.8 Å². The van der Waals surface area contributed by atoms with Gasteiger partial charge in [0.2, 0.25) is 45.3 Å². The number of anilines is 2. The molecule has 2 aromatic heterocycles. The Morgan fingerprint density at radius 1 is 0.690 bits per heavy atom. The zero-order chi connectivity index (χ0) is 62.3. The number of nitrogens with two attached hydrogens (primary N) is 2. The third-order valence-corrected chi connectivity index (χ3v) is 16.5. The maximum atomic E-state index is 14.1. The molecule has 0 aliphatic heterocycles. The van der Waals surface area contributed by atoms with Gasteiger partial charge in [-0.15, -0.1) is 20.4 Å². The summed E-state index contributed by atoms with van der Waals surface area (Å²) >= 11 is 3.48. The van der Waals surface area contributed by atoms with E-state index in [0.717, 1.165) is 39.6 Å². The van der Waals surface area contributed by atoms with E-state index in [1.165, 1.54) is 12.1 Å². The van der Waals surface area contributed by atoms with Crippen molar-refractivity contribution in [1.29, 1.82) is 0 Å². The molecule has 0 radical (unpaired) electrons. The normalized spacial score (nSPS) is 17.4. The first-order chi connectivity index (χ1) is 41.5. The molecule has 9 rings (SSSR count). The summed E-state index contributed by atoms with van der Waals surface area (Å²) in [5, 5.41) is 53.2. The van der Waals surface area contributed by atoms with Gasteiger partial charge in [-0.05, 0) is 189 Å². The second-order valence-corrected chi connectivity index (χ2v) is 25.1. The van der Waals surface area contributed by atoms with Crippen molar-refractivity contribution >= 4 is 73.1 Å². The van der Waals surface area contributed by atoms with Gasteiger partial charge in [-0.3, -0.25) is 24.1 Å². The van der Waals surface area contributed by atoms with Crippen molar-refractivity contribution in [1.82, 2.24) is 57.2 Å². The van der Waals surface area contributed by atoms with Gasteiger partial charge in [0.05, 0.1) is 4.90 Å². The number of carbonyl (C=O) groups is 6. The molecule has 2 atom stereocenters. The van der Waals surface area contributed by atoms with Crippen molar-refractivity contribution in [2.45, 2.75) is 108 Å². The standard InChI is InChI=1S/C31H34N8O6S.C29H36BrN7O4/c32-46(44,45)26-6-2-5-24(17-26)23-4-1-3-20(15-23)16-27(35-29(40)22-9-7-19(8-10-22)18-33-31(42)43)30(41)34-25-13-11-21(12-14-25)28-36-38-39-37-28;1-29(2,3)41-28(40)32-17-18-7-9-21(10-8-18)27(39)37(23-13-11-20(12-14-23)26-33-35-36-34-26)24(25(31)38)16-19-5-4-6-22(30)15-19/h1-6,11-15,17,19,22,27,33H,7-10,16,18H2,(H,34,41)(H,35,40)(H,42,43)(H2,32,44,45)(H,36,37,38,39);4-6,11-15,18,21,24H,7-10,16-17H2,1-3H3,(H2,31,38)(H,32,40)(H,33,34,35,36)/t19?,22?,27-;18?,21?,24-/m00/s1. The van der Waals surface area contributed by atoms with Crippen LogP contribution in [0.15, 0.2) is 131 Å². The topological polar surface area (TPSA) is 378 Å². The molecule has 2 aliphatic carbocycles. The molecule has 458 valence electrons. The van der Waals surface area contributed by atoms with Gasteiger partial charge >= 0.3 is 12.2 Å². The Hall–Kier alpha value is -8.95. The maximum Gasteiger partial charge on any atom is 0.407 e. The number of primary amides is 1. The number of aromatic nitrogens is 8. The predicted octanol–water partition coefficient (Wildman–Crippen LogP) is 7.31. The molecule has 2 aliphatic rings. The Kier molecular flexibility index (Phi) is 21.7. The number of hydrogen-bond acceptors (Lipinski definition) is 15. The summed E-state index contributed by atoms with van der Waals surface area (Å²) in [5.41, 5.74) is 10.9. The minimum absolute atomic E-state index is 0.0151. The Bertz CT molecular complexity index is 3590. The lowest BCUT2D eigenvalue weighted by Gasteiger charge is -2.36. The number of nitrogens with one attached hydrogen (secondary N) is 6. The number of primary sulfonamides is 1. The zero-order valence-corrected chi connectivity index (χ0v) is 50.6. The fourth-order valence-electron chi connectivity index (χ4n) is 10.6. The summed E-state index contributed by atoms with van der Waals surface area (Å²) in [7, 11) is -3.90. The van der Waals surface area contributed by atoms with E-state index in [4.69, 9.17) is 20.7 Å². The smallest absolute Gasteiger partial charge is 0.407 e. The van der Waals surface area contributed by atoms with Gasteiger partial charge in [-0.25, -0.2) is 23.1 Å². The highest BCUT2D eigenvalue weighted by Crippen LogP contribution is 2.34. The van der Waals surface area contributed by atoms with E-state index in [1.54, 1.807) is 71.6 Å². The molecular weight excluding hydrogens is 1200 g/mol. The summed E-state index contributed by atoms with van der Waals surface area (Å²) in [6, 6.07) is 33.4. The number of ether oxygens (including phenoxy) is 1. The molecule has 2 fully saturated rings. The van der Waals surface area contributed by atoms with E-state index >= 15 is 0 Å². The van der Waals surface area contributed by atoms with Crippen LogP contribution in [0.4, 0.5) is 21.0 Å². The van der Waals surface area contributed by atoms with Gasteiger partial charge in [-0.2, -0.15) is 10.4 Å². The van der Waals surface area contributed by atoms with Crippen LogP contribution >= 0.6 is 15.9 Å². The largest absolute Gasteiger partial charge is 0.465 e. The van der Waals surface area contributed by atoms with Gasteiger partial charge in [0.1, 0.15) is 17.7 Å². The molecule has 0 unspecified atom stereocenters. The van der Waals surface area contributed by atoms with E-state index < -0.39 is 51.7 Å². The number of alkyl carbamates (subject to hydrolysis) is 1. The number of tetrazole rings is 2. The van der Waals surface area contributed by atoms with Crippen LogP contribution in [0.2, 0.25) is 0 Å². The lowest BCUT2D eigenvalue weighted by molar-refractivity contribution is -0.130. The summed E-state index contributed by atoms with van der Waals surface area (Å²) in [4.78, 5) is 78.5. The number of carbonyl (C=O) groups excluding carboxylic acids is 5. The molecule has 0 spiro atoms. The molecular formula is C60H70BrN15O10S. The van der Waals surface area contributed by atoms with Crippen LogP contribution in [0.25, 0.3) is 33.9 Å². The number of hydrogen-bond donors (Lipinski definition) is 9. The molecule has 0 bridgehead atoms. The van der Waals surface area contributed by atoms with E-state index in [9.17, 15) is 37.2 Å². The van der Waals surface area contributed by atoms with E-state index in [2.05, 4.69) is 78.4 Å². The highest BCUT2D eigenvalue weighted by atomic mass is 79.9. The minimum atomic E-state index is -3.90. The highest BCUT2D eigenvalue weighted by Gasteiger charge is 2.37. The number of carboxylic acid groups (broad SMARTS) is 1. The molecule has 7 aromatic rings. The number of rotatable bonds is 20. The Balaban J connectivity index is 0.000000227. The third kappa shape index (κ3) is 18.8. The predicted molar refractivity (Wildman–Crippen MR) is 326 cm³/mol. The Labute approximate surface area is 511 Å². The number of aromatic amines is 2. The molecule has 2 heterocycles. The lowest BCUT2D eigenvalue weighted by Crippen LogP contribution is -2.52. The highest BCUT2D eigenvalue weighted by molar-refractivity contribution is 9.10. The molecule has 27 heteroatoms. The van der Waals surface area contributed by atoms with E-state index in [-0.39, 0.29) is 53.2 Å². The number of nitrogens with zero attached hydrogens (tertiary/aromatic N) is 7. The minimum Gasteiger partial charge on any atom is -0.465 e. The number of H-pyrrole nitrogens is 2. The van der Waals surface area contributed by atoms with E-state index in [0.29, 0.717) is 85.8 Å². The number of amides is 6. The van der Waals surface area contributed by atoms with Crippen molar-refractivity contribution in [2.24, 2.45) is 34.5 Å². The summed E-state index contributed by atoms with van der Waals surface area (Å²) in [6.45, 7) is 6.30. The number of benzene rings is 5. The Morgan fingerprint density at radius 3 is 1.77 bits per heavy atom. The molecule has 0 saturated heterocycles. The number of sulfonamides is 1. The molecule has 25 nitrogen and oxygen atoms in total. The number of halogens is 1. The van der Waals surface area contributed by atoms with Crippen molar-refractivity contribution in [2.75, 3.05) is 23.3 Å². The third-order valence-electron chi connectivity index (χ3n) is 15.1. The monoisotopic (exact) mass is 1270 g/mol. The van der Waals surface area contributed by atoms with Crippen LogP contribution in [0.3, 0.4) is 0 Å². The van der Waals surface area contributed by atoms with Crippen LogP contribution in [-0.4, -0.2) is 121 Å². The van der Waals surface area contributed by atoms with Crippen molar-refractivity contribution in [3.63, 3.8) is 0 Å². The fraction of sp³-hybridized carbons (Fsp3) is 0.367. The van der Waals surface area contributed by atoms with E-state index in [1.807, 2.05) is 63.2 Å². The quantitative estimate of drug-likeness (QED) is 0.0361. The molecule has 2 saturated carbocycles. The van der Waals surface area contributed by atoms with Crippen molar-refractivity contribution in [3.05, 3.63) is 137 Å². The van der Waals surface area contributed by atoms with Gasteiger partial charge < -0.3 is 36.8 Å². The molecule has 6 amide bonds. The van der Waals surface area contributed by atoms with Crippen LogP contribution in [0.5, 0.6) is 0 Å². The molecule has 87 heavy (non-hydrogen) atoms. The average Bonchev–Trinajstić information content (AvgIpc) is 4.47. The first-order valence-electron chi connectivity index (χ1n) is 28.4. The molecule has 5 aromatic carbocycles. The summed E-state index contributed by atoms with van der Waals surface area (Å²) in [5.74, 6) is -0.749. The SMILES string of the molecule is CC(C)(C)OC(=O)NCC1CCC(C(=O)N(c2ccc(-c3nn[nH]n3)cc2)[C@@H](Cc2cccc(Br)c2)C(N)=O)CC1.NS(=O)(=O)c1cccc(-c2cccc(C[C@H](NC(=O)C3CCC(CNC(=O)O)CC3)C(=O)Nc3ccc(-c4nn[nH]n4)cc3)c2)c1. The van der Waals surface area contributed by atoms with Crippen LogP contribution in [0.1, 0.15) is 83.3 Å². The maximum absolute atomic E-state index is 14.1. The first-order valence-corrected chi connectivity index (χ1v) is 30.7. The van der Waals surface area contributed by atoms with Crippen molar-refractivity contribution in [3.8, 4) is 33.9 Å². The van der Waals surface area contributed by atoms with Gasteiger partial charge in [0.15, 0.2) is 0 Å². The van der Waals surface area contributed by atoms with Gasteiger partial charge in [0.25, 0.3) is 0 Å². The first kappa shape index (κ1) is 64.1. The Morgan fingerprint density at radius 2 is 1.23 bits per heavy atom. The summed E-state index contributed by atoms with van der Waals surface area (Å²) < 4.78 is 30.0. The fourth-order valence-corrected chi connectivity index (χ4v) is 11.6.